The first-order valence-electron chi connectivity index (χ1n) is 6.17. The van der Waals surface area contributed by atoms with Crippen molar-refractivity contribution in [2.24, 2.45) is 0 Å². The van der Waals surface area contributed by atoms with Crippen LogP contribution < -0.4 is 5.46 Å². The van der Waals surface area contributed by atoms with Crippen molar-refractivity contribution in [3.05, 3.63) is 42.2 Å². The maximum absolute atomic E-state index is 13.4. The van der Waals surface area contributed by atoms with Crippen molar-refractivity contribution in [2.75, 3.05) is 13.1 Å². The normalized spacial score (nSPS) is 12.8. The van der Waals surface area contributed by atoms with E-state index in [0.29, 0.717) is 4.90 Å². The van der Waals surface area contributed by atoms with E-state index in [9.17, 15) is 22.4 Å². The fourth-order valence-electron chi connectivity index (χ4n) is 1.83. The molecular formula is C14H14BF4NO. The largest absolute Gasteiger partial charge is 0.406 e. The van der Waals surface area contributed by atoms with E-state index in [4.69, 9.17) is 7.85 Å². The van der Waals surface area contributed by atoms with Gasteiger partial charge < -0.3 is 4.90 Å². The Morgan fingerprint density at radius 1 is 1.48 bits per heavy atom. The summed E-state index contributed by atoms with van der Waals surface area (Å²) in [6.45, 7) is 3.14. The third kappa shape index (κ3) is 4.92. The van der Waals surface area contributed by atoms with Crippen LogP contribution in [-0.2, 0) is 4.79 Å². The summed E-state index contributed by atoms with van der Waals surface area (Å²) in [4.78, 5) is 12.8. The lowest BCUT2D eigenvalue weighted by Crippen LogP contribution is -2.41. The second-order valence-electron chi connectivity index (χ2n) is 4.63. The van der Waals surface area contributed by atoms with Crippen molar-refractivity contribution in [2.45, 2.75) is 19.0 Å². The summed E-state index contributed by atoms with van der Waals surface area (Å²) in [5, 5.41) is 0. The van der Waals surface area contributed by atoms with Gasteiger partial charge in [0.05, 0.1) is 5.92 Å². The Morgan fingerprint density at radius 3 is 2.57 bits per heavy atom. The molecule has 21 heavy (non-hydrogen) atoms. The molecule has 0 saturated heterocycles. The Balaban J connectivity index is 2.96. The van der Waals surface area contributed by atoms with Crippen LogP contribution in [0.2, 0.25) is 0 Å². The van der Waals surface area contributed by atoms with E-state index >= 15 is 0 Å². The lowest BCUT2D eigenvalue weighted by Gasteiger charge is -2.26. The number of rotatable bonds is 5. The molecule has 1 rings (SSSR count). The Kier molecular flexibility index (Phi) is 5.58. The molecule has 0 N–H and O–H groups in total. The Labute approximate surface area is 121 Å². The number of alkyl halides is 3. The standard InChI is InChI=1S/C14H14BF4NO/c1-3-6-20(8-14(17,18)19)13(21)9(2)10-4-5-11(15)12(16)7-10/h3-5,7,9H,1,6,8H2,2H3. The highest BCUT2D eigenvalue weighted by molar-refractivity contribution is 6.32. The number of carbonyl (C=O) groups excluding carboxylic acids is 1. The molecule has 2 radical (unpaired) electrons. The van der Waals surface area contributed by atoms with Gasteiger partial charge in [-0.1, -0.05) is 23.7 Å². The summed E-state index contributed by atoms with van der Waals surface area (Å²) < 4.78 is 50.8. The summed E-state index contributed by atoms with van der Waals surface area (Å²) in [5.41, 5.74) is 0.180. The Hall–Kier alpha value is -1.79. The molecule has 0 aliphatic rings. The van der Waals surface area contributed by atoms with Crippen molar-refractivity contribution < 1.29 is 22.4 Å². The molecule has 0 spiro atoms. The zero-order chi connectivity index (χ0) is 16.2. The van der Waals surface area contributed by atoms with Crippen molar-refractivity contribution in [3.8, 4) is 0 Å². The quantitative estimate of drug-likeness (QED) is 0.464. The van der Waals surface area contributed by atoms with Gasteiger partial charge >= 0.3 is 6.18 Å². The van der Waals surface area contributed by atoms with Crippen LogP contribution in [0.5, 0.6) is 0 Å². The first-order valence-corrected chi connectivity index (χ1v) is 6.17. The minimum Gasteiger partial charge on any atom is -0.329 e. The minimum atomic E-state index is -4.51. The third-order valence-electron chi connectivity index (χ3n) is 2.93. The highest BCUT2D eigenvalue weighted by Crippen LogP contribution is 2.22. The van der Waals surface area contributed by atoms with E-state index in [2.05, 4.69) is 6.58 Å². The highest BCUT2D eigenvalue weighted by Gasteiger charge is 2.34. The minimum absolute atomic E-state index is 0.0864. The Bertz CT molecular complexity index is 530. The maximum Gasteiger partial charge on any atom is 0.406 e. The van der Waals surface area contributed by atoms with Gasteiger partial charge in [-0.25, -0.2) is 4.39 Å². The zero-order valence-electron chi connectivity index (χ0n) is 11.5. The second-order valence-corrected chi connectivity index (χ2v) is 4.63. The van der Waals surface area contributed by atoms with Crippen LogP contribution in [-0.4, -0.2) is 37.9 Å². The second kappa shape index (κ2) is 6.78. The highest BCUT2D eigenvalue weighted by atomic mass is 19.4. The van der Waals surface area contributed by atoms with Gasteiger partial charge in [-0.15, -0.1) is 6.58 Å². The molecule has 2 nitrogen and oxygen atoms in total. The zero-order valence-corrected chi connectivity index (χ0v) is 11.5. The molecule has 1 atom stereocenters. The van der Waals surface area contributed by atoms with E-state index < -0.39 is 30.4 Å². The number of carbonyl (C=O) groups is 1. The van der Waals surface area contributed by atoms with Gasteiger partial charge in [-0.3, -0.25) is 4.79 Å². The first kappa shape index (κ1) is 17.3. The van der Waals surface area contributed by atoms with Crippen molar-refractivity contribution >= 4 is 19.2 Å². The predicted octanol–water partition coefficient (Wildman–Crippen LogP) is 2.30. The topological polar surface area (TPSA) is 20.3 Å². The molecule has 1 unspecified atom stereocenters. The van der Waals surface area contributed by atoms with Gasteiger partial charge in [-0.05, 0) is 18.6 Å². The fraction of sp³-hybridized carbons (Fsp3) is 0.357. The lowest BCUT2D eigenvalue weighted by atomic mass is 9.91. The molecule has 7 heteroatoms. The van der Waals surface area contributed by atoms with Crippen LogP contribution in [0.15, 0.2) is 30.9 Å². The van der Waals surface area contributed by atoms with Gasteiger partial charge in [0.1, 0.15) is 20.2 Å². The molecule has 1 amide bonds. The smallest absolute Gasteiger partial charge is 0.329 e. The summed E-state index contributed by atoms with van der Waals surface area (Å²) in [6.07, 6.45) is -3.30. The van der Waals surface area contributed by atoms with Gasteiger partial charge in [0.15, 0.2) is 0 Å². The molecule has 1 aromatic carbocycles. The summed E-state index contributed by atoms with van der Waals surface area (Å²) >= 11 is 0. The van der Waals surface area contributed by atoms with E-state index in [1.807, 2.05) is 0 Å². The van der Waals surface area contributed by atoms with Crippen molar-refractivity contribution in [3.63, 3.8) is 0 Å². The molecule has 0 aliphatic carbocycles. The average Bonchev–Trinajstić information content (AvgIpc) is 2.38. The maximum atomic E-state index is 13.4. The van der Waals surface area contributed by atoms with E-state index in [-0.39, 0.29) is 17.6 Å². The molecular weight excluding hydrogens is 285 g/mol. The SMILES string of the molecule is [B]c1ccc(C(C)C(=O)N(CC=C)CC(F)(F)F)cc1F. The van der Waals surface area contributed by atoms with Gasteiger partial charge in [-0.2, -0.15) is 13.2 Å². The number of amides is 1. The van der Waals surface area contributed by atoms with Crippen molar-refractivity contribution in [1.82, 2.24) is 4.90 Å². The number of benzene rings is 1. The summed E-state index contributed by atoms with van der Waals surface area (Å²) in [7, 11) is 5.32. The summed E-state index contributed by atoms with van der Waals surface area (Å²) in [5.74, 6) is -2.38. The van der Waals surface area contributed by atoms with E-state index in [0.717, 1.165) is 6.07 Å². The molecule has 112 valence electrons. The molecule has 0 aromatic heterocycles. The number of hydrogen-bond acceptors (Lipinski definition) is 1. The van der Waals surface area contributed by atoms with E-state index in [1.165, 1.54) is 25.1 Å². The molecule has 0 saturated carbocycles. The monoisotopic (exact) mass is 299 g/mol. The fourth-order valence-corrected chi connectivity index (χ4v) is 1.83. The lowest BCUT2D eigenvalue weighted by molar-refractivity contribution is -0.160. The number of hydrogen-bond donors (Lipinski definition) is 0. The van der Waals surface area contributed by atoms with Crippen LogP contribution >= 0.6 is 0 Å². The first-order chi connectivity index (χ1) is 9.65. The average molecular weight is 299 g/mol. The van der Waals surface area contributed by atoms with Crippen LogP contribution in [0.4, 0.5) is 17.6 Å². The molecule has 1 aromatic rings. The Morgan fingerprint density at radius 2 is 2.10 bits per heavy atom. The van der Waals surface area contributed by atoms with E-state index in [1.54, 1.807) is 0 Å². The number of nitrogens with zero attached hydrogens (tertiary/aromatic N) is 1. The molecule has 0 fully saturated rings. The summed E-state index contributed by atoms with van der Waals surface area (Å²) in [6, 6.07) is 3.74. The van der Waals surface area contributed by atoms with Crippen LogP contribution in [0.1, 0.15) is 18.4 Å². The molecule has 0 aliphatic heterocycles. The van der Waals surface area contributed by atoms with Gasteiger partial charge in [0.25, 0.3) is 0 Å². The number of halogens is 4. The van der Waals surface area contributed by atoms with Crippen LogP contribution in [0, 0.1) is 5.82 Å². The van der Waals surface area contributed by atoms with Gasteiger partial charge in [0.2, 0.25) is 5.91 Å². The molecule has 0 heterocycles. The van der Waals surface area contributed by atoms with Crippen LogP contribution in [0.3, 0.4) is 0 Å². The van der Waals surface area contributed by atoms with Crippen LogP contribution in [0.25, 0.3) is 0 Å². The van der Waals surface area contributed by atoms with Gasteiger partial charge in [0, 0.05) is 6.54 Å². The van der Waals surface area contributed by atoms with Crippen molar-refractivity contribution in [1.29, 1.82) is 0 Å². The third-order valence-corrected chi connectivity index (χ3v) is 2.93. The molecule has 0 bridgehead atoms. The predicted molar refractivity (Wildman–Crippen MR) is 73.0 cm³/mol.